The Balaban J connectivity index is 2.22. The van der Waals surface area contributed by atoms with Crippen LogP contribution in [0.4, 0.5) is 4.79 Å². The van der Waals surface area contributed by atoms with Crippen LogP contribution in [0.15, 0.2) is 24.3 Å². The normalized spacial score (nSPS) is 12.3. The van der Waals surface area contributed by atoms with Crippen LogP contribution in [0.1, 0.15) is 33.3 Å². The van der Waals surface area contributed by atoms with Gasteiger partial charge in [0.05, 0.1) is 20.3 Å². The predicted molar refractivity (Wildman–Crippen MR) is 153 cm³/mol. The third-order valence-electron chi connectivity index (χ3n) is 3.89. The van der Waals surface area contributed by atoms with E-state index >= 15 is 0 Å². The number of phenols is 1. The first kappa shape index (κ1) is 27.1. The van der Waals surface area contributed by atoms with Crippen LogP contribution in [0.25, 0.3) is 0 Å². The van der Waals surface area contributed by atoms with Crippen molar-refractivity contribution >= 4 is 102 Å². The van der Waals surface area contributed by atoms with E-state index in [2.05, 4.69) is 95.7 Å². The minimum absolute atomic E-state index is 0.149. The number of phenolic OH excluding ortho intramolecular Hbond substituents is 1. The Morgan fingerprint density at radius 1 is 1.00 bits per heavy atom. The molecular formula is C21H21I4NO5. The highest BCUT2D eigenvalue weighted by Gasteiger charge is 2.23. The number of hydrogen-bond acceptors (Lipinski definition) is 5. The summed E-state index contributed by atoms with van der Waals surface area (Å²) in [5, 5.41) is 12.6. The fourth-order valence-corrected chi connectivity index (χ4v) is 6.36. The Hall–Kier alpha value is -0.100. The smallest absolute Gasteiger partial charge is 0.408 e. The van der Waals surface area contributed by atoms with Gasteiger partial charge in [0, 0.05) is 0 Å². The summed E-state index contributed by atoms with van der Waals surface area (Å²) < 4.78 is 14.5. The highest BCUT2D eigenvalue weighted by atomic mass is 127. The second kappa shape index (κ2) is 11.4. The molecule has 1 amide bonds. The topological polar surface area (TPSA) is 84.9 Å². The summed E-state index contributed by atoms with van der Waals surface area (Å²) in [6.45, 7) is 6.77. The van der Waals surface area contributed by atoms with Crippen LogP contribution in [0.3, 0.4) is 0 Å². The number of nitrogens with one attached hydrogen (secondary N) is 1. The van der Waals surface area contributed by atoms with Gasteiger partial charge in [-0.1, -0.05) is 0 Å². The second-order valence-corrected chi connectivity index (χ2v) is 12.4. The van der Waals surface area contributed by atoms with Gasteiger partial charge in [-0.15, -0.1) is 0 Å². The van der Waals surface area contributed by atoms with Gasteiger partial charge in [-0.3, -0.25) is 4.79 Å². The predicted octanol–water partition coefficient (Wildman–Crippen LogP) is 6.63. The molecule has 2 aromatic carbocycles. The Bertz CT molecular complexity index is 958. The molecule has 2 aromatic rings. The van der Waals surface area contributed by atoms with Gasteiger partial charge in [0.25, 0.3) is 0 Å². The van der Waals surface area contributed by atoms with Gasteiger partial charge in [0.1, 0.15) is 17.1 Å². The van der Waals surface area contributed by atoms with Crippen molar-refractivity contribution in [2.24, 2.45) is 0 Å². The minimum Gasteiger partial charge on any atom is -0.506 e. The van der Waals surface area contributed by atoms with Crippen LogP contribution >= 0.6 is 90.4 Å². The van der Waals surface area contributed by atoms with Gasteiger partial charge in [0.15, 0.2) is 11.5 Å². The summed E-state index contributed by atoms with van der Waals surface area (Å²) in [5.41, 5.74) is 0.256. The molecule has 0 aliphatic rings. The SMILES string of the molecule is CC(=O)[C@H](Cc1cc(I)c(Oc2cc(I)c(O)c(I)c2)c(I)c1)NC(=O)OC(C)(C)C. The van der Waals surface area contributed by atoms with Crippen LogP contribution in [0, 0.1) is 14.3 Å². The van der Waals surface area contributed by atoms with Gasteiger partial charge < -0.3 is 19.9 Å². The molecule has 0 aliphatic carbocycles. The molecule has 2 N–H and O–H groups in total. The molecular weight excluding hydrogens is 854 g/mol. The van der Waals surface area contributed by atoms with Crippen molar-refractivity contribution in [3.05, 3.63) is 44.1 Å². The number of ketones is 1. The molecule has 1 atom stereocenters. The van der Waals surface area contributed by atoms with Crippen molar-refractivity contribution in [3.63, 3.8) is 0 Å². The summed E-state index contributed by atoms with van der Waals surface area (Å²) in [7, 11) is 0. The Morgan fingerprint density at radius 3 is 1.97 bits per heavy atom. The zero-order valence-electron chi connectivity index (χ0n) is 17.2. The number of carbonyl (C=O) groups excluding carboxylic acids is 2. The molecule has 31 heavy (non-hydrogen) atoms. The average Bonchev–Trinajstić information content (AvgIpc) is 2.60. The molecule has 168 valence electrons. The zero-order chi connectivity index (χ0) is 23.5. The molecule has 0 fully saturated rings. The largest absolute Gasteiger partial charge is 0.506 e. The summed E-state index contributed by atoms with van der Waals surface area (Å²) in [5.74, 6) is 1.41. The van der Waals surface area contributed by atoms with E-state index in [1.54, 1.807) is 32.9 Å². The van der Waals surface area contributed by atoms with Crippen LogP contribution < -0.4 is 10.1 Å². The third kappa shape index (κ3) is 8.32. The molecule has 6 nitrogen and oxygen atoms in total. The zero-order valence-corrected chi connectivity index (χ0v) is 25.8. The minimum atomic E-state index is -0.687. The van der Waals surface area contributed by atoms with Crippen molar-refractivity contribution in [3.8, 4) is 17.2 Å². The number of benzene rings is 2. The second-order valence-electron chi connectivity index (χ2n) is 7.74. The number of carbonyl (C=O) groups is 2. The quantitative estimate of drug-likeness (QED) is 0.319. The third-order valence-corrected chi connectivity index (χ3v) is 7.14. The molecule has 0 heterocycles. The molecule has 2 rings (SSSR count). The molecule has 0 aromatic heterocycles. The maximum absolute atomic E-state index is 12.1. The number of rotatable bonds is 6. The molecule has 0 aliphatic heterocycles. The number of aromatic hydroxyl groups is 1. The van der Waals surface area contributed by atoms with E-state index in [1.165, 1.54) is 6.92 Å². The van der Waals surface area contributed by atoms with Crippen LogP contribution in [-0.4, -0.2) is 28.6 Å². The van der Waals surface area contributed by atoms with Crippen molar-refractivity contribution < 1.29 is 24.2 Å². The van der Waals surface area contributed by atoms with Crippen LogP contribution in [-0.2, 0) is 16.0 Å². The molecule has 0 saturated heterocycles. The Kier molecular flexibility index (Phi) is 9.94. The number of alkyl carbamates (subject to hydrolysis) is 1. The number of amides is 1. The fourth-order valence-electron chi connectivity index (χ4n) is 2.53. The monoisotopic (exact) mass is 875 g/mol. The van der Waals surface area contributed by atoms with Gasteiger partial charge >= 0.3 is 6.09 Å². The molecule has 0 spiro atoms. The number of halogens is 4. The van der Waals surface area contributed by atoms with Gasteiger partial charge in [-0.05, 0) is 154 Å². The number of ether oxygens (including phenoxy) is 2. The number of Topliss-reactive ketones (excluding diaryl/α,β-unsaturated/α-hetero) is 1. The summed E-state index contributed by atoms with van der Waals surface area (Å²) >= 11 is 8.50. The molecule has 0 saturated carbocycles. The Labute approximate surface area is 236 Å². The lowest BCUT2D eigenvalue weighted by Gasteiger charge is -2.23. The van der Waals surface area contributed by atoms with Gasteiger partial charge in [0.2, 0.25) is 0 Å². The van der Waals surface area contributed by atoms with E-state index in [0.29, 0.717) is 25.1 Å². The number of hydrogen-bond donors (Lipinski definition) is 2. The summed E-state index contributed by atoms with van der Waals surface area (Å²) in [6, 6.07) is 6.72. The lowest BCUT2D eigenvalue weighted by atomic mass is 10.0. The van der Waals surface area contributed by atoms with E-state index in [4.69, 9.17) is 9.47 Å². The summed E-state index contributed by atoms with van der Waals surface area (Å²) in [4.78, 5) is 24.2. The highest BCUT2D eigenvalue weighted by molar-refractivity contribution is 14.1. The van der Waals surface area contributed by atoms with Crippen LogP contribution in [0.5, 0.6) is 17.2 Å². The average molecular weight is 875 g/mol. The molecule has 0 radical (unpaired) electrons. The van der Waals surface area contributed by atoms with E-state index in [1.807, 2.05) is 12.1 Å². The first-order chi connectivity index (χ1) is 14.3. The van der Waals surface area contributed by atoms with Gasteiger partial charge in [-0.2, -0.15) is 0 Å². The summed E-state index contributed by atoms with van der Waals surface area (Å²) in [6.07, 6.45) is -0.274. The van der Waals surface area contributed by atoms with Crippen molar-refractivity contribution in [1.29, 1.82) is 0 Å². The molecule has 0 unspecified atom stereocenters. The van der Waals surface area contributed by atoms with Gasteiger partial charge in [-0.25, -0.2) is 4.79 Å². The van der Waals surface area contributed by atoms with Crippen LogP contribution in [0.2, 0.25) is 0 Å². The molecule has 10 heteroatoms. The van der Waals surface area contributed by atoms with E-state index in [0.717, 1.165) is 12.7 Å². The van der Waals surface area contributed by atoms with E-state index < -0.39 is 17.7 Å². The van der Waals surface area contributed by atoms with Crippen molar-refractivity contribution in [2.75, 3.05) is 0 Å². The first-order valence-electron chi connectivity index (χ1n) is 9.10. The first-order valence-corrected chi connectivity index (χ1v) is 13.4. The Morgan fingerprint density at radius 2 is 1.52 bits per heavy atom. The van der Waals surface area contributed by atoms with Crippen molar-refractivity contribution in [1.82, 2.24) is 5.32 Å². The maximum Gasteiger partial charge on any atom is 0.408 e. The van der Waals surface area contributed by atoms with E-state index in [9.17, 15) is 14.7 Å². The van der Waals surface area contributed by atoms with Crippen molar-refractivity contribution in [2.45, 2.75) is 45.8 Å². The lowest BCUT2D eigenvalue weighted by Crippen LogP contribution is -2.43. The fraction of sp³-hybridized carbons (Fsp3) is 0.333. The molecule has 0 bridgehead atoms. The van der Waals surface area contributed by atoms with E-state index in [-0.39, 0.29) is 11.5 Å². The lowest BCUT2D eigenvalue weighted by molar-refractivity contribution is -0.119. The maximum atomic E-state index is 12.1. The standard InChI is InChI=1S/C21H21I4NO5/c1-10(27)17(26-20(29)31-21(2,3)4)7-11-5-15(24)19(16(25)6-11)30-12-8-13(22)18(28)14(23)9-12/h5-6,8-9,17,28H,7H2,1-4H3,(H,26,29)/t17-/m0/s1. The highest BCUT2D eigenvalue weighted by Crippen LogP contribution is 2.37.